The molecule has 0 unspecified atom stereocenters. The first kappa shape index (κ1) is 19.7. The maximum absolute atomic E-state index is 12.5. The Kier molecular flexibility index (Phi) is 4.15. The predicted octanol–water partition coefficient (Wildman–Crippen LogP) is -0.00530. The fourth-order valence-corrected chi connectivity index (χ4v) is 6.24. The van der Waals surface area contributed by atoms with Gasteiger partial charge in [0.25, 0.3) is 0 Å². The van der Waals surface area contributed by atoms with E-state index in [4.69, 9.17) is 14.2 Å². The van der Waals surface area contributed by atoms with Gasteiger partial charge in [0.15, 0.2) is 6.29 Å². The van der Waals surface area contributed by atoms with Crippen molar-refractivity contribution >= 4 is 5.97 Å². The van der Waals surface area contributed by atoms with Gasteiger partial charge in [-0.3, -0.25) is 0 Å². The molecule has 0 radical (unpaired) electrons. The van der Waals surface area contributed by atoms with Crippen molar-refractivity contribution in [3.05, 3.63) is 23.3 Å². The minimum Gasteiger partial charge on any atom is -0.425 e. The van der Waals surface area contributed by atoms with Gasteiger partial charge in [-0.2, -0.15) is 0 Å². The van der Waals surface area contributed by atoms with Gasteiger partial charge in [0.05, 0.1) is 6.61 Å². The Labute approximate surface area is 168 Å². The van der Waals surface area contributed by atoms with Crippen LogP contribution in [0.5, 0.6) is 0 Å². The van der Waals surface area contributed by atoms with Crippen LogP contribution in [0.3, 0.4) is 0 Å². The Morgan fingerprint density at radius 1 is 1.24 bits per heavy atom. The monoisotopic (exact) mass is 408 g/mol. The highest BCUT2D eigenvalue weighted by molar-refractivity contribution is 5.92. The van der Waals surface area contributed by atoms with E-state index in [1.165, 1.54) is 5.57 Å². The quantitative estimate of drug-likeness (QED) is 0.292. The first-order valence-corrected chi connectivity index (χ1v) is 10.2. The molecule has 0 aromatic rings. The molecule has 1 saturated heterocycles. The maximum atomic E-state index is 12.5. The van der Waals surface area contributed by atoms with Crippen molar-refractivity contribution < 1.29 is 39.4 Å². The van der Waals surface area contributed by atoms with Crippen molar-refractivity contribution in [2.45, 2.75) is 69.6 Å². The zero-order chi connectivity index (χ0) is 20.9. The van der Waals surface area contributed by atoms with Crippen molar-refractivity contribution in [1.29, 1.82) is 0 Å². The van der Waals surface area contributed by atoms with Gasteiger partial charge in [-0.1, -0.05) is 19.1 Å². The van der Waals surface area contributed by atoms with Crippen LogP contribution in [0.15, 0.2) is 23.3 Å². The van der Waals surface area contributed by atoms with Gasteiger partial charge in [0, 0.05) is 17.6 Å². The molecule has 3 saturated carbocycles. The molecule has 0 aromatic heterocycles. The standard InChI is InChI=1S/C21H28O8/c1-8-10-4-13(10)20(3)7-21(12(5-11(8)20)9(2)18(26)28-21)29-19-17(25)16(24)15(23)14(6-22)27-19/h10-11,13-17,19,22-25H,1,4-7H2,2-3H3/t10-,11-,13-,14+,15+,16-,17+,19-,20+,21+/m0/s1. The molecule has 2 aliphatic heterocycles. The van der Waals surface area contributed by atoms with E-state index in [2.05, 4.69) is 13.5 Å². The molecule has 4 N–H and O–H groups in total. The highest BCUT2D eigenvalue weighted by atomic mass is 16.8. The van der Waals surface area contributed by atoms with E-state index in [9.17, 15) is 25.2 Å². The molecule has 5 aliphatic rings. The number of hydrogen-bond acceptors (Lipinski definition) is 8. The summed E-state index contributed by atoms with van der Waals surface area (Å²) in [7, 11) is 0. The Bertz CT molecular complexity index is 805. The molecule has 0 aromatic carbocycles. The smallest absolute Gasteiger partial charge is 0.336 e. The van der Waals surface area contributed by atoms with E-state index in [1.807, 2.05) is 0 Å². The van der Waals surface area contributed by atoms with Gasteiger partial charge < -0.3 is 34.6 Å². The number of fused-ring (bicyclic) bond motifs is 4. The maximum Gasteiger partial charge on any atom is 0.336 e. The highest BCUT2D eigenvalue weighted by Gasteiger charge is 2.70. The van der Waals surface area contributed by atoms with Gasteiger partial charge in [0.1, 0.15) is 24.4 Å². The van der Waals surface area contributed by atoms with Crippen LogP contribution in [0.4, 0.5) is 0 Å². The van der Waals surface area contributed by atoms with E-state index in [-0.39, 0.29) is 11.3 Å². The fraction of sp³-hybridized carbons (Fsp3) is 0.762. The normalized spacial score (nSPS) is 53.4. The summed E-state index contributed by atoms with van der Waals surface area (Å²) in [6.07, 6.45) is -4.96. The van der Waals surface area contributed by atoms with Crippen molar-refractivity contribution in [1.82, 2.24) is 0 Å². The van der Waals surface area contributed by atoms with E-state index >= 15 is 0 Å². The van der Waals surface area contributed by atoms with Gasteiger partial charge in [-0.25, -0.2) is 4.79 Å². The molecule has 4 fully saturated rings. The summed E-state index contributed by atoms with van der Waals surface area (Å²) in [6.45, 7) is 7.64. The second-order valence-electron chi connectivity index (χ2n) is 9.52. The van der Waals surface area contributed by atoms with Crippen LogP contribution >= 0.6 is 0 Å². The summed E-state index contributed by atoms with van der Waals surface area (Å²) >= 11 is 0. The first-order chi connectivity index (χ1) is 13.6. The van der Waals surface area contributed by atoms with Crippen molar-refractivity contribution in [3.63, 3.8) is 0 Å². The number of allylic oxidation sites excluding steroid dienone is 1. The van der Waals surface area contributed by atoms with Crippen LogP contribution in [0.2, 0.25) is 0 Å². The molecule has 10 atom stereocenters. The SMILES string of the molecule is C=C1[C@@H]2C[C@@H]2[C@]2(C)C[C@]3(O[C@@H]4O[C@H](CO)[C@@H](O)[C@H](O)[C@H]4O)OC(=O)C(C)=C3C[C@@H]12. The predicted molar refractivity (Wildman–Crippen MR) is 97.9 cm³/mol. The lowest BCUT2D eigenvalue weighted by molar-refractivity contribution is -0.359. The molecule has 0 bridgehead atoms. The minimum atomic E-state index is -1.56. The number of ether oxygens (including phenoxy) is 3. The van der Waals surface area contributed by atoms with Crippen LogP contribution in [0, 0.1) is 23.2 Å². The Morgan fingerprint density at radius 2 is 1.97 bits per heavy atom. The lowest BCUT2D eigenvalue weighted by Crippen LogP contribution is -2.62. The van der Waals surface area contributed by atoms with Gasteiger partial charge in [0.2, 0.25) is 5.79 Å². The van der Waals surface area contributed by atoms with Crippen LogP contribution in [0.1, 0.15) is 33.1 Å². The second kappa shape index (κ2) is 6.12. The zero-order valence-corrected chi connectivity index (χ0v) is 16.6. The number of aliphatic hydroxyl groups is 4. The molecule has 8 heteroatoms. The Balaban J connectivity index is 1.49. The van der Waals surface area contributed by atoms with Gasteiger partial charge >= 0.3 is 5.97 Å². The number of esters is 1. The number of rotatable bonds is 3. The Hall–Kier alpha value is -1.29. The van der Waals surface area contributed by atoms with Crippen molar-refractivity contribution in [3.8, 4) is 0 Å². The summed E-state index contributed by atoms with van der Waals surface area (Å²) in [5, 5.41) is 40.0. The van der Waals surface area contributed by atoms with E-state index < -0.39 is 49.1 Å². The van der Waals surface area contributed by atoms with Crippen molar-refractivity contribution in [2.75, 3.05) is 6.61 Å². The number of carbonyl (C=O) groups is 1. The molecular formula is C21H28O8. The Morgan fingerprint density at radius 3 is 2.66 bits per heavy atom. The third kappa shape index (κ3) is 2.50. The minimum absolute atomic E-state index is 0.149. The molecule has 5 rings (SSSR count). The molecule has 160 valence electrons. The van der Waals surface area contributed by atoms with Gasteiger partial charge in [-0.05, 0) is 42.9 Å². The third-order valence-electron chi connectivity index (χ3n) is 8.01. The fourth-order valence-electron chi connectivity index (χ4n) is 6.24. The third-order valence-corrected chi connectivity index (χ3v) is 8.01. The van der Waals surface area contributed by atoms with E-state index in [0.29, 0.717) is 30.3 Å². The van der Waals surface area contributed by atoms with Crippen molar-refractivity contribution in [2.24, 2.45) is 23.2 Å². The molecule has 0 amide bonds. The molecule has 29 heavy (non-hydrogen) atoms. The molecule has 2 heterocycles. The summed E-state index contributed by atoms with van der Waals surface area (Å²) in [6, 6.07) is 0. The molecule has 8 nitrogen and oxygen atoms in total. The lowest BCUT2D eigenvalue weighted by Gasteiger charge is -2.50. The number of carbonyl (C=O) groups excluding carboxylic acids is 1. The highest BCUT2D eigenvalue weighted by Crippen LogP contribution is 2.73. The average molecular weight is 408 g/mol. The lowest BCUT2D eigenvalue weighted by atomic mass is 9.62. The molecule has 3 aliphatic carbocycles. The van der Waals surface area contributed by atoms with E-state index in [0.717, 1.165) is 12.0 Å². The first-order valence-electron chi connectivity index (χ1n) is 10.2. The van der Waals surface area contributed by atoms with Crippen LogP contribution in [-0.4, -0.2) is 69.5 Å². The second-order valence-corrected chi connectivity index (χ2v) is 9.52. The zero-order valence-electron chi connectivity index (χ0n) is 16.6. The topological polar surface area (TPSA) is 126 Å². The summed E-state index contributed by atoms with van der Waals surface area (Å²) < 4.78 is 17.4. The largest absolute Gasteiger partial charge is 0.425 e. The molecule has 0 spiro atoms. The summed E-state index contributed by atoms with van der Waals surface area (Å²) in [4.78, 5) is 12.5. The number of hydrogen-bond donors (Lipinski definition) is 4. The van der Waals surface area contributed by atoms with E-state index in [1.54, 1.807) is 6.92 Å². The van der Waals surface area contributed by atoms with Crippen LogP contribution in [0.25, 0.3) is 0 Å². The van der Waals surface area contributed by atoms with Gasteiger partial charge in [-0.15, -0.1) is 0 Å². The summed E-state index contributed by atoms with van der Waals surface area (Å²) in [5.74, 6) is -0.637. The summed E-state index contributed by atoms with van der Waals surface area (Å²) in [5.41, 5.74) is 2.30. The van der Waals surface area contributed by atoms with Crippen LogP contribution in [-0.2, 0) is 19.0 Å². The van der Waals surface area contributed by atoms with Crippen LogP contribution < -0.4 is 0 Å². The molecular weight excluding hydrogens is 380 g/mol. The number of aliphatic hydroxyl groups excluding tert-OH is 4. The average Bonchev–Trinajstić information content (AvgIpc) is 3.41.